The molecule has 1 atom stereocenters. The van der Waals surface area contributed by atoms with E-state index in [1.165, 1.54) is 16.4 Å². The van der Waals surface area contributed by atoms with E-state index >= 15 is 0 Å². The van der Waals surface area contributed by atoms with Gasteiger partial charge in [-0.25, -0.2) is 8.42 Å². The second-order valence-electron chi connectivity index (χ2n) is 4.89. The first-order chi connectivity index (χ1) is 8.71. The van der Waals surface area contributed by atoms with Gasteiger partial charge in [0.05, 0.1) is 4.90 Å². The van der Waals surface area contributed by atoms with E-state index in [9.17, 15) is 8.42 Å². The maximum absolute atomic E-state index is 12.5. The number of rotatable bonds is 5. The minimum Gasteiger partial charge on any atom is -0.207 e. The highest BCUT2D eigenvalue weighted by atomic mass is 35.5. The van der Waals surface area contributed by atoms with Crippen molar-refractivity contribution in [3.63, 3.8) is 0 Å². The Hall–Kier alpha value is -0.290. The maximum Gasteiger partial charge on any atom is 0.243 e. The normalized spacial score (nSPS) is 14.1. The van der Waals surface area contributed by atoms with Gasteiger partial charge in [-0.1, -0.05) is 25.4 Å². The van der Waals surface area contributed by atoms with Crippen molar-refractivity contribution in [2.45, 2.75) is 37.6 Å². The molecule has 1 aromatic rings. The summed E-state index contributed by atoms with van der Waals surface area (Å²) in [5.74, 6) is 0.422. The van der Waals surface area contributed by atoms with E-state index in [4.69, 9.17) is 23.2 Å². The Morgan fingerprint density at radius 2 is 1.84 bits per heavy atom. The van der Waals surface area contributed by atoms with Crippen LogP contribution in [0, 0.1) is 5.92 Å². The Morgan fingerprint density at radius 3 is 2.32 bits per heavy atom. The Kier molecular flexibility index (Phi) is 5.68. The summed E-state index contributed by atoms with van der Waals surface area (Å²) in [5.41, 5.74) is 0.620. The Bertz CT molecular complexity index is 544. The number of sulfonamides is 1. The Morgan fingerprint density at radius 1 is 1.26 bits per heavy atom. The highest BCUT2D eigenvalue weighted by molar-refractivity contribution is 7.89. The van der Waals surface area contributed by atoms with Crippen LogP contribution in [0.5, 0.6) is 0 Å². The zero-order valence-electron chi connectivity index (χ0n) is 11.5. The minimum atomic E-state index is -3.52. The number of benzene rings is 1. The van der Waals surface area contributed by atoms with Crippen LogP contribution in [0.15, 0.2) is 23.1 Å². The summed E-state index contributed by atoms with van der Waals surface area (Å²) in [4.78, 5) is 0.225. The quantitative estimate of drug-likeness (QED) is 0.774. The van der Waals surface area contributed by atoms with Gasteiger partial charge in [0.15, 0.2) is 0 Å². The summed E-state index contributed by atoms with van der Waals surface area (Å²) < 4.78 is 26.4. The van der Waals surface area contributed by atoms with Gasteiger partial charge < -0.3 is 0 Å². The molecule has 1 unspecified atom stereocenters. The lowest BCUT2D eigenvalue weighted by molar-refractivity contribution is 0.316. The van der Waals surface area contributed by atoms with Crippen LogP contribution in [0.2, 0.25) is 5.02 Å². The monoisotopic (exact) mass is 323 g/mol. The SMILES string of the molecule is CC(C)C(C)N(C)S(=O)(=O)c1ccc(Cl)c(CCl)c1. The Balaban J connectivity index is 3.20. The number of nitrogens with zero attached hydrogens (tertiary/aromatic N) is 1. The average Bonchev–Trinajstić information content (AvgIpc) is 2.36. The van der Waals surface area contributed by atoms with Gasteiger partial charge in [0.25, 0.3) is 0 Å². The van der Waals surface area contributed by atoms with Gasteiger partial charge in [0.1, 0.15) is 0 Å². The minimum absolute atomic E-state index is 0.0832. The zero-order valence-corrected chi connectivity index (χ0v) is 13.9. The summed E-state index contributed by atoms with van der Waals surface area (Å²) in [6, 6.07) is 4.53. The fourth-order valence-corrected chi connectivity index (χ4v) is 3.64. The van der Waals surface area contributed by atoms with E-state index < -0.39 is 10.0 Å². The number of hydrogen-bond acceptors (Lipinski definition) is 2. The predicted octanol–water partition coefficient (Wildman–Crippen LogP) is 3.74. The van der Waals surface area contributed by atoms with E-state index in [1.807, 2.05) is 20.8 Å². The van der Waals surface area contributed by atoms with Crippen molar-refractivity contribution in [3.05, 3.63) is 28.8 Å². The first-order valence-electron chi connectivity index (χ1n) is 6.04. The highest BCUT2D eigenvalue weighted by Crippen LogP contribution is 2.25. The number of alkyl halides is 1. The van der Waals surface area contributed by atoms with Gasteiger partial charge in [-0.2, -0.15) is 4.31 Å². The molecule has 108 valence electrons. The molecular formula is C13H19Cl2NO2S. The van der Waals surface area contributed by atoms with Crippen molar-refractivity contribution < 1.29 is 8.42 Å². The largest absolute Gasteiger partial charge is 0.243 e. The summed E-state index contributed by atoms with van der Waals surface area (Å²) in [6.07, 6.45) is 0. The molecule has 0 aliphatic heterocycles. The topological polar surface area (TPSA) is 37.4 Å². The van der Waals surface area contributed by atoms with Gasteiger partial charge in [-0.15, -0.1) is 11.6 Å². The fourth-order valence-electron chi connectivity index (χ4n) is 1.62. The molecule has 0 fully saturated rings. The van der Waals surface area contributed by atoms with Gasteiger partial charge in [-0.05, 0) is 36.6 Å². The first-order valence-corrected chi connectivity index (χ1v) is 8.39. The number of hydrogen-bond donors (Lipinski definition) is 0. The van der Waals surface area contributed by atoms with Crippen molar-refractivity contribution in [1.29, 1.82) is 0 Å². The van der Waals surface area contributed by atoms with Gasteiger partial charge in [0, 0.05) is 24.0 Å². The second kappa shape index (κ2) is 6.44. The van der Waals surface area contributed by atoms with Crippen LogP contribution in [0.4, 0.5) is 0 Å². The summed E-state index contributed by atoms with van der Waals surface area (Å²) in [7, 11) is -1.92. The number of halogens is 2. The molecule has 0 bridgehead atoms. The van der Waals surface area contributed by atoms with Gasteiger partial charge >= 0.3 is 0 Å². The Labute approximate surface area is 125 Å². The van der Waals surface area contributed by atoms with E-state index in [0.717, 1.165) is 0 Å². The van der Waals surface area contributed by atoms with E-state index in [2.05, 4.69) is 0 Å². The fraction of sp³-hybridized carbons (Fsp3) is 0.538. The van der Waals surface area contributed by atoms with Crippen molar-refractivity contribution in [2.75, 3.05) is 7.05 Å². The van der Waals surface area contributed by atoms with Crippen LogP contribution in [0.25, 0.3) is 0 Å². The maximum atomic E-state index is 12.5. The smallest absolute Gasteiger partial charge is 0.207 e. The molecule has 0 saturated carbocycles. The molecule has 0 aliphatic rings. The van der Waals surface area contributed by atoms with Crippen molar-refractivity contribution in [2.24, 2.45) is 5.92 Å². The highest BCUT2D eigenvalue weighted by Gasteiger charge is 2.27. The third-order valence-electron chi connectivity index (χ3n) is 3.38. The molecule has 0 spiro atoms. The first kappa shape index (κ1) is 16.8. The van der Waals surface area contributed by atoms with Gasteiger partial charge in [0.2, 0.25) is 10.0 Å². The van der Waals surface area contributed by atoms with Crippen LogP contribution in [-0.4, -0.2) is 25.8 Å². The summed E-state index contributed by atoms with van der Waals surface area (Å²) in [5, 5.41) is 0.480. The zero-order chi connectivity index (χ0) is 14.8. The molecule has 1 aromatic carbocycles. The van der Waals surface area contributed by atoms with Crippen molar-refractivity contribution in [1.82, 2.24) is 4.31 Å². The standard InChI is InChI=1S/C13H19Cl2NO2S/c1-9(2)10(3)16(4)19(17,18)12-5-6-13(15)11(7-12)8-14/h5-7,9-10H,8H2,1-4H3. The molecular weight excluding hydrogens is 305 g/mol. The molecule has 0 radical (unpaired) electrons. The average molecular weight is 324 g/mol. The molecule has 0 N–H and O–H groups in total. The van der Waals surface area contributed by atoms with Crippen LogP contribution in [0.3, 0.4) is 0 Å². The predicted molar refractivity (Wildman–Crippen MR) is 80.3 cm³/mol. The van der Waals surface area contributed by atoms with E-state index in [1.54, 1.807) is 13.1 Å². The van der Waals surface area contributed by atoms with E-state index in [-0.39, 0.29) is 22.7 Å². The molecule has 0 aliphatic carbocycles. The van der Waals surface area contributed by atoms with E-state index in [0.29, 0.717) is 10.6 Å². The lowest BCUT2D eigenvalue weighted by Crippen LogP contribution is -2.38. The molecule has 0 aromatic heterocycles. The molecule has 19 heavy (non-hydrogen) atoms. The second-order valence-corrected chi connectivity index (χ2v) is 7.56. The molecule has 3 nitrogen and oxygen atoms in total. The van der Waals surface area contributed by atoms with Crippen LogP contribution in [0.1, 0.15) is 26.3 Å². The third-order valence-corrected chi connectivity index (χ3v) is 5.97. The molecule has 6 heteroatoms. The summed E-state index contributed by atoms with van der Waals surface area (Å²) >= 11 is 11.7. The van der Waals surface area contributed by atoms with Crippen molar-refractivity contribution in [3.8, 4) is 0 Å². The third kappa shape index (κ3) is 3.63. The summed E-state index contributed by atoms with van der Waals surface area (Å²) in [6.45, 7) is 5.87. The molecule has 0 saturated heterocycles. The molecule has 0 heterocycles. The molecule has 0 amide bonds. The van der Waals surface area contributed by atoms with Crippen LogP contribution >= 0.6 is 23.2 Å². The molecule has 1 rings (SSSR count). The lowest BCUT2D eigenvalue weighted by atomic mass is 10.1. The van der Waals surface area contributed by atoms with Crippen LogP contribution < -0.4 is 0 Å². The lowest BCUT2D eigenvalue weighted by Gasteiger charge is -2.27. The van der Waals surface area contributed by atoms with Crippen molar-refractivity contribution >= 4 is 33.2 Å². The van der Waals surface area contributed by atoms with Crippen LogP contribution in [-0.2, 0) is 15.9 Å². The van der Waals surface area contributed by atoms with Gasteiger partial charge in [-0.3, -0.25) is 0 Å².